The van der Waals surface area contributed by atoms with E-state index in [9.17, 15) is 9.90 Å². The zero-order chi connectivity index (χ0) is 17.1. The van der Waals surface area contributed by atoms with E-state index in [2.05, 4.69) is 17.9 Å². The summed E-state index contributed by atoms with van der Waals surface area (Å²) in [7, 11) is 0. The van der Waals surface area contributed by atoms with Crippen molar-refractivity contribution in [1.29, 1.82) is 0 Å². The molecule has 0 radical (unpaired) electrons. The first-order valence-electron chi connectivity index (χ1n) is 9.43. The lowest BCUT2D eigenvalue weighted by Crippen LogP contribution is -2.40. The second-order valence-electron chi connectivity index (χ2n) is 7.21. The Morgan fingerprint density at radius 3 is 2.92 bits per heavy atom. The number of nitrogens with zero attached hydrogens (tertiary/aromatic N) is 2. The Labute approximate surface area is 145 Å². The van der Waals surface area contributed by atoms with E-state index in [-0.39, 0.29) is 5.91 Å². The molecule has 1 aromatic carbocycles. The topological polar surface area (TPSA) is 43.8 Å². The summed E-state index contributed by atoms with van der Waals surface area (Å²) in [6, 6.07) is 6.77. The predicted molar refractivity (Wildman–Crippen MR) is 97.3 cm³/mol. The fourth-order valence-electron chi connectivity index (χ4n) is 4.23. The molecule has 2 atom stereocenters. The molecular weight excluding hydrogens is 300 g/mol. The third kappa shape index (κ3) is 3.65. The molecule has 1 saturated heterocycles. The van der Waals surface area contributed by atoms with Crippen LogP contribution in [0, 0.1) is 0 Å². The largest absolute Gasteiger partial charge is 0.388 e. The third-order valence-corrected chi connectivity index (χ3v) is 5.67. The number of rotatable bonds is 5. The van der Waals surface area contributed by atoms with Gasteiger partial charge >= 0.3 is 0 Å². The van der Waals surface area contributed by atoms with E-state index in [0.29, 0.717) is 6.04 Å². The first-order valence-corrected chi connectivity index (χ1v) is 9.43. The van der Waals surface area contributed by atoms with Crippen LogP contribution in [0.4, 0.5) is 5.69 Å². The molecule has 2 aliphatic rings. The number of carbonyl (C=O) groups excluding carboxylic acids is 1. The van der Waals surface area contributed by atoms with Gasteiger partial charge in [0.2, 0.25) is 5.91 Å². The van der Waals surface area contributed by atoms with Crippen molar-refractivity contribution in [2.75, 3.05) is 24.5 Å². The van der Waals surface area contributed by atoms with Crippen LogP contribution in [0.5, 0.6) is 0 Å². The Bertz CT molecular complexity index is 587. The quantitative estimate of drug-likeness (QED) is 0.901. The van der Waals surface area contributed by atoms with Gasteiger partial charge in [0.05, 0.1) is 6.10 Å². The number of hydrogen-bond donors (Lipinski definition) is 1. The number of aliphatic hydroxyl groups is 1. The van der Waals surface area contributed by atoms with Crippen LogP contribution < -0.4 is 4.90 Å². The number of piperidine rings is 1. The van der Waals surface area contributed by atoms with Gasteiger partial charge in [-0.25, -0.2) is 0 Å². The van der Waals surface area contributed by atoms with Gasteiger partial charge in [0, 0.05) is 31.7 Å². The van der Waals surface area contributed by atoms with Crippen molar-refractivity contribution in [3.63, 3.8) is 0 Å². The van der Waals surface area contributed by atoms with Crippen molar-refractivity contribution >= 4 is 11.6 Å². The number of fused-ring (bicyclic) bond motifs is 1. The maximum Gasteiger partial charge on any atom is 0.223 e. The van der Waals surface area contributed by atoms with Crippen molar-refractivity contribution in [2.45, 2.75) is 64.5 Å². The van der Waals surface area contributed by atoms with Gasteiger partial charge in [0.1, 0.15) is 0 Å². The molecule has 0 saturated carbocycles. The van der Waals surface area contributed by atoms with E-state index in [0.717, 1.165) is 37.2 Å². The van der Waals surface area contributed by atoms with Gasteiger partial charge < -0.3 is 14.9 Å². The second-order valence-corrected chi connectivity index (χ2v) is 7.21. The highest BCUT2D eigenvalue weighted by Crippen LogP contribution is 2.31. The molecule has 1 fully saturated rings. The highest BCUT2D eigenvalue weighted by Gasteiger charge is 2.24. The highest BCUT2D eigenvalue weighted by atomic mass is 16.3. The summed E-state index contributed by atoms with van der Waals surface area (Å²) in [6.07, 6.45) is 6.38. The average molecular weight is 330 g/mol. The van der Waals surface area contributed by atoms with E-state index >= 15 is 0 Å². The summed E-state index contributed by atoms with van der Waals surface area (Å²) in [5, 5.41) is 10.6. The van der Waals surface area contributed by atoms with Gasteiger partial charge in [-0.3, -0.25) is 4.79 Å². The molecule has 132 valence electrons. The molecule has 0 aromatic heterocycles. The number of hydrogen-bond acceptors (Lipinski definition) is 3. The summed E-state index contributed by atoms with van der Waals surface area (Å²) >= 11 is 0. The van der Waals surface area contributed by atoms with Crippen LogP contribution in [0.3, 0.4) is 0 Å². The molecule has 2 aliphatic heterocycles. The standard InChI is InChI=1S/C20H30N2O2/c1-3-18-6-4-5-11-21(18)12-10-20(24)17-7-8-19-16(14-17)9-13-22(19)15(2)23/h7-8,14,18,20,24H,3-6,9-13H2,1-2H3. The van der Waals surface area contributed by atoms with E-state index in [1.807, 2.05) is 17.0 Å². The van der Waals surface area contributed by atoms with Crippen LogP contribution in [0.15, 0.2) is 18.2 Å². The molecule has 24 heavy (non-hydrogen) atoms. The van der Waals surface area contributed by atoms with Crippen LogP contribution in [0.2, 0.25) is 0 Å². The van der Waals surface area contributed by atoms with Crippen molar-refractivity contribution < 1.29 is 9.90 Å². The molecular formula is C20H30N2O2. The molecule has 1 amide bonds. The number of amides is 1. The van der Waals surface area contributed by atoms with E-state index < -0.39 is 6.10 Å². The molecule has 1 N–H and O–H groups in total. The Morgan fingerprint density at radius 2 is 2.17 bits per heavy atom. The Kier molecular flexibility index (Phi) is 5.57. The molecule has 0 spiro atoms. The van der Waals surface area contributed by atoms with Gasteiger partial charge in [0.15, 0.2) is 0 Å². The fourth-order valence-corrected chi connectivity index (χ4v) is 4.23. The summed E-state index contributed by atoms with van der Waals surface area (Å²) in [5.41, 5.74) is 3.19. The minimum Gasteiger partial charge on any atom is -0.388 e. The molecule has 4 nitrogen and oxygen atoms in total. The monoisotopic (exact) mass is 330 g/mol. The zero-order valence-electron chi connectivity index (χ0n) is 15.0. The number of carbonyl (C=O) groups is 1. The summed E-state index contributed by atoms with van der Waals surface area (Å²) in [6.45, 7) is 6.77. The van der Waals surface area contributed by atoms with E-state index in [1.54, 1.807) is 6.92 Å². The minimum absolute atomic E-state index is 0.0951. The number of likely N-dealkylation sites (tertiary alicyclic amines) is 1. The lowest BCUT2D eigenvalue weighted by Gasteiger charge is -2.35. The SMILES string of the molecule is CCC1CCCCN1CCC(O)c1ccc2c(c1)CCN2C(C)=O. The highest BCUT2D eigenvalue weighted by molar-refractivity contribution is 5.93. The molecule has 3 rings (SSSR count). The van der Waals surface area contributed by atoms with Crippen molar-refractivity contribution in [3.05, 3.63) is 29.3 Å². The Balaban J connectivity index is 1.61. The molecule has 4 heteroatoms. The zero-order valence-corrected chi connectivity index (χ0v) is 15.0. The van der Waals surface area contributed by atoms with Crippen LogP contribution in [0.1, 0.15) is 63.2 Å². The summed E-state index contributed by atoms with van der Waals surface area (Å²) in [5.74, 6) is 0.0951. The van der Waals surface area contributed by atoms with Gasteiger partial charge in [-0.1, -0.05) is 25.5 Å². The normalized spacial score (nSPS) is 22.5. The molecule has 0 bridgehead atoms. The first kappa shape index (κ1) is 17.4. The molecule has 0 aliphatic carbocycles. The fraction of sp³-hybridized carbons (Fsp3) is 0.650. The third-order valence-electron chi connectivity index (χ3n) is 5.67. The number of benzene rings is 1. The molecule has 2 heterocycles. The van der Waals surface area contributed by atoms with Crippen LogP contribution in [-0.2, 0) is 11.2 Å². The van der Waals surface area contributed by atoms with Crippen molar-refractivity contribution in [1.82, 2.24) is 4.90 Å². The van der Waals surface area contributed by atoms with Crippen molar-refractivity contribution in [3.8, 4) is 0 Å². The van der Waals surface area contributed by atoms with E-state index in [4.69, 9.17) is 0 Å². The maximum absolute atomic E-state index is 11.6. The van der Waals surface area contributed by atoms with Crippen LogP contribution >= 0.6 is 0 Å². The predicted octanol–water partition coefficient (Wildman–Crippen LogP) is 3.28. The Morgan fingerprint density at radius 1 is 1.33 bits per heavy atom. The van der Waals surface area contributed by atoms with Gasteiger partial charge in [0.25, 0.3) is 0 Å². The second kappa shape index (κ2) is 7.66. The molecule has 2 unspecified atom stereocenters. The van der Waals surface area contributed by atoms with Crippen molar-refractivity contribution in [2.24, 2.45) is 0 Å². The lowest BCUT2D eigenvalue weighted by molar-refractivity contribution is -0.116. The number of anilines is 1. The summed E-state index contributed by atoms with van der Waals surface area (Å²) < 4.78 is 0. The lowest BCUT2D eigenvalue weighted by atomic mass is 9.98. The summed E-state index contributed by atoms with van der Waals surface area (Å²) in [4.78, 5) is 16.0. The molecule has 1 aromatic rings. The van der Waals surface area contributed by atoms with Gasteiger partial charge in [-0.05, 0) is 55.8 Å². The number of aliphatic hydroxyl groups excluding tert-OH is 1. The average Bonchev–Trinajstić information content (AvgIpc) is 3.03. The first-order chi connectivity index (χ1) is 11.6. The van der Waals surface area contributed by atoms with Gasteiger partial charge in [-0.15, -0.1) is 0 Å². The van der Waals surface area contributed by atoms with Crippen LogP contribution in [0.25, 0.3) is 0 Å². The smallest absolute Gasteiger partial charge is 0.223 e. The maximum atomic E-state index is 11.6. The Hall–Kier alpha value is -1.39. The van der Waals surface area contributed by atoms with E-state index in [1.165, 1.54) is 37.8 Å². The van der Waals surface area contributed by atoms with Crippen LogP contribution in [-0.4, -0.2) is 41.6 Å². The minimum atomic E-state index is -0.416. The van der Waals surface area contributed by atoms with Gasteiger partial charge in [-0.2, -0.15) is 0 Å².